The van der Waals surface area contributed by atoms with E-state index in [1.165, 1.54) is 6.20 Å². The lowest BCUT2D eigenvalue weighted by Crippen LogP contribution is -2.14. The number of pyridine rings is 1. The van der Waals surface area contributed by atoms with Crippen LogP contribution in [0.25, 0.3) is 5.52 Å². The monoisotopic (exact) mass is 507 g/mol. The Morgan fingerprint density at radius 2 is 1.77 bits per heavy atom. The van der Waals surface area contributed by atoms with Crippen LogP contribution in [-0.2, 0) is 10.0 Å². The van der Waals surface area contributed by atoms with Crippen molar-refractivity contribution in [2.75, 3.05) is 4.72 Å². The number of rotatable bonds is 3. The van der Waals surface area contributed by atoms with Gasteiger partial charge in [-0.15, -0.1) is 0 Å². The van der Waals surface area contributed by atoms with Gasteiger partial charge in [-0.3, -0.25) is 4.72 Å². The largest absolute Gasteiger partial charge is 0.276 e. The number of nitrogens with zero attached hydrogens (tertiary/aromatic N) is 2. The number of benzene rings is 1. The van der Waals surface area contributed by atoms with E-state index in [9.17, 15) is 8.42 Å². The van der Waals surface area contributed by atoms with E-state index in [0.717, 1.165) is 4.47 Å². The van der Waals surface area contributed by atoms with Gasteiger partial charge in [-0.25, -0.2) is 12.9 Å². The number of sulfonamides is 1. The highest BCUT2D eigenvalue weighted by molar-refractivity contribution is 9.11. The summed E-state index contributed by atoms with van der Waals surface area (Å²) in [6, 6.07) is 8.78. The van der Waals surface area contributed by atoms with Crippen molar-refractivity contribution in [1.82, 2.24) is 9.61 Å². The van der Waals surface area contributed by atoms with Crippen LogP contribution < -0.4 is 4.72 Å². The maximum absolute atomic E-state index is 12.7. The zero-order valence-electron chi connectivity index (χ0n) is 10.8. The van der Waals surface area contributed by atoms with E-state index >= 15 is 0 Å². The highest BCUT2D eigenvalue weighted by Crippen LogP contribution is 2.34. The first-order valence-electron chi connectivity index (χ1n) is 5.98. The lowest BCUT2D eigenvalue weighted by molar-refractivity contribution is 0.600. The fourth-order valence-electron chi connectivity index (χ4n) is 1.99. The molecule has 0 unspecified atom stereocenters. The van der Waals surface area contributed by atoms with Crippen molar-refractivity contribution in [3.63, 3.8) is 0 Å². The lowest BCUT2D eigenvalue weighted by Gasteiger charge is -2.11. The Labute approximate surface area is 152 Å². The second kappa shape index (κ2) is 5.95. The van der Waals surface area contributed by atoms with Crippen molar-refractivity contribution in [3.05, 3.63) is 56.1 Å². The second-order valence-corrected chi connectivity index (χ2v) is 8.64. The molecule has 0 bridgehead atoms. The van der Waals surface area contributed by atoms with Crippen LogP contribution in [0.4, 0.5) is 5.69 Å². The maximum atomic E-state index is 12.7. The van der Waals surface area contributed by atoms with Crippen molar-refractivity contribution in [1.29, 1.82) is 0 Å². The van der Waals surface area contributed by atoms with Gasteiger partial charge in [-0.1, -0.05) is 22.0 Å². The van der Waals surface area contributed by atoms with E-state index in [1.54, 1.807) is 28.9 Å². The molecule has 0 atom stereocenters. The molecule has 0 amide bonds. The first-order valence-corrected chi connectivity index (χ1v) is 9.84. The molecular weight excluding hydrogens is 502 g/mol. The first-order chi connectivity index (χ1) is 10.4. The number of fused-ring (bicyclic) bond motifs is 1. The molecule has 0 saturated carbocycles. The summed E-state index contributed by atoms with van der Waals surface area (Å²) in [5.74, 6) is 0. The summed E-state index contributed by atoms with van der Waals surface area (Å²) >= 11 is 9.89. The third-order valence-corrected chi connectivity index (χ3v) is 6.60. The molecule has 3 aromatic rings. The van der Waals surface area contributed by atoms with Crippen molar-refractivity contribution >= 4 is 69.0 Å². The molecule has 1 N–H and O–H groups in total. The molecule has 114 valence electrons. The summed E-state index contributed by atoms with van der Waals surface area (Å²) in [6.07, 6.45) is 3.23. The van der Waals surface area contributed by atoms with Crippen molar-refractivity contribution in [2.45, 2.75) is 4.90 Å². The van der Waals surface area contributed by atoms with Gasteiger partial charge in [0.1, 0.15) is 4.90 Å². The summed E-state index contributed by atoms with van der Waals surface area (Å²) in [5.41, 5.74) is 1.10. The molecule has 0 aliphatic carbocycles. The Hall–Kier alpha value is -0.900. The Balaban J connectivity index is 2.08. The summed E-state index contributed by atoms with van der Waals surface area (Å²) in [6.45, 7) is 0. The summed E-state index contributed by atoms with van der Waals surface area (Å²) in [4.78, 5) is 0.131. The van der Waals surface area contributed by atoms with Crippen LogP contribution in [-0.4, -0.2) is 18.0 Å². The van der Waals surface area contributed by atoms with Gasteiger partial charge >= 0.3 is 0 Å². The fourth-order valence-corrected chi connectivity index (χ4v) is 6.71. The van der Waals surface area contributed by atoms with Crippen LogP contribution in [0.3, 0.4) is 0 Å². The van der Waals surface area contributed by atoms with Gasteiger partial charge in [-0.05, 0) is 56.1 Å². The molecule has 3 rings (SSSR count). The van der Waals surface area contributed by atoms with Crippen LogP contribution in [0.1, 0.15) is 0 Å². The normalized spacial score (nSPS) is 11.8. The van der Waals surface area contributed by atoms with E-state index in [1.807, 2.05) is 12.1 Å². The van der Waals surface area contributed by atoms with Crippen LogP contribution in [0, 0.1) is 0 Å². The van der Waals surface area contributed by atoms with Crippen LogP contribution >= 0.6 is 47.8 Å². The van der Waals surface area contributed by atoms with Crippen LogP contribution in [0.5, 0.6) is 0 Å². The highest BCUT2D eigenvalue weighted by Gasteiger charge is 2.23. The Kier molecular flexibility index (Phi) is 4.32. The Morgan fingerprint density at radius 1 is 1.09 bits per heavy atom. The second-order valence-electron chi connectivity index (χ2n) is 4.39. The Bertz CT molecular complexity index is 947. The van der Waals surface area contributed by atoms with E-state index in [-0.39, 0.29) is 4.90 Å². The smallest absolute Gasteiger partial charge is 0.264 e. The zero-order valence-corrected chi connectivity index (χ0v) is 16.4. The third kappa shape index (κ3) is 2.94. The SMILES string of the molecule is O=S(=O)(Nc1cnn2ccccc12)c1c(Br)cc(Br)cc1Br. The van der Waals surface area contributed by atoms with Gasteiger partial charge in [0.05, 0.1) is 17.4 Å². The van der Waals surface area contributed by atoms with E-state index in [4.69, 9.17) is 0 Å². The zero-order chi connectivity index (χ0) is 15.9. The Morgan fingerprint density at radius 3 is 2.45 bits per heavy atom. The van der Waals surface area contributed by atoms with E-state index in [0.29, 0.717) is 20.1 Å². The van der Waals surface area contributed by atoms with E-state index in [2.05, 4.69) is 57.6 Å². The summed E-state index contributed by atoms with van der Waals surface area (Å²) < 4.78 is 31.2. The molecule has 0 aliphatic heterocycles. The van der Waals surface area contributed by atoms with Gasteiger partial charge in [0.2, 0.25) is 0 Å². The molecule has 0 spiro atoms. The van der Waals surface area contributed by atoms with Crippen LogP contribution in [0.15, 0.2) is 61.0 Å². The molecule has 5 nitrogen and oxygen atoms in total. The number of hydrogen-bond donors (Lipinski definition) is 1. The molecule has 1 aromatic carbocycles. The molecular formula is C13H8Br3N3O2S. The first kappa shape index (κ1) is 16.0. The number of halogens is 3. The molecule has 2 aromatic heterocycles. The number of nitrogens with one attached hydrogen (secondary N) is 1. The molecule has 2 heterocycles. The standard InChI is InChI=1S/C13H8Br3N3O2S/c14-8-5-9(15)13(10(16)6-8)22(20,21)18-11-7-17-19-4-2-1-3-12(11)19/h1-7,18H. The van der Waals surface area contributed by atoms with Gasteiger partial charge in [0, 0.05) is 19.6 Å². The van der Waals surface area contributed by atoms with Gasteiger partial charge in [-0.2, -0.15) is 5.10 Å². The van der Waals surface area contributed by atoms with Gasteiger partial charge in [0.15, 0.2) is 0 Å². The average molecular weight is 510 g/mol. The summed E-state index contributed by atoms with van der Waals surface area (Å²) in [5, 5.41) is 4.11. The van der Waals surface area contributed by atoms with Crippen molar-refractivity contribution in [3.8, 4) is 0 Å². The van der Waals surface area contributed by atoms with Crippen molar-refractivity contribution in [2.24, 2.45) is 0 Å². The molecule has 22 heavy (non-hydrogen) atoms. The van der Waals surface area contributed by atoms with Gasteiger partial charge < -0.3 is 0 Å². The summed E-state index contributed by atoms with van der Waals surface area (Å²) in [7, 11) is -3.77. The lowest BCUT2D eigenvalue weighted by atomic mass is 10.4. The predicted molar refractivity (Wildman–Crippen MR) is 95.5 cm³/mol. The molecule has 0 fully saturated rings. The molecule has 0 aliphatic rings. The van der Waals surface area contributed by atoms with E-state index < -0.39 is 10.0 Å². The predicted octanol–water partition coefficient (Wildman–Crippen LogP) is 4.42. The average Bonchev–Trinajstić information content (AvgIpc) is 2.80. The third-order valence-electron chi connectivity index (χ3n) is 2.90. The minimum absolute atomic E-state index is 0.131. The minimum atomic E-state index is -3.77. The topological polar surface area (TPSA) is 63.5 Å². The van der Waals surface area contributed by atoms with Crippen LogP contribution in [0.2, 0.25) is 0 Å². The van der Waals surface area contributed by atoms with Gasteiger partial charge in [0.25, 0.3) is 10.0 Å². The number of aromatic nitrogens is 2. The number of hydrogen-bond acceptors (Lipinski definition) is 3. The molecule has 0 saturated heterocycles. The maximum Gasteiger partial charge on any atom is 0.264 e. The minimum Gasteiger partial charge on any atom is -0.276 e. The molecule has 0 radical (unpaired) electrons. The number of anilines is 1. The fraction of sp³-hybridized carbons (Fsp3) is 0. The quantitative estimate of drug-likeness (QED) is 0.568. The molecule has 9 heteroatoms. The highest BCUT2D eigenvalue weighted by atomic mass is 79.9. The van der Waals surface area contributed by atoms with Crippen molar-refractivity contribution < 1.29 is 8.42 Å².